The fourth-order valence-corrected chi connectivity index (χ4v) is 12.6. The van der Waals surface area contributed by atoms with Crippen molar-refractivity contribution in [2.24, 2.45) is 0 Å². The van der Waals surface area contributed by atoms with E-state index in [0.29, 0.717) is 11.8 Å². The van der Waals surface area contributed by atoms with Gasteiger partial charge < -0.3 is 0 Å². The fraction of sp³-hybridized carbons (Fsp3) is 0.189. The minimum absolute atomic E-state index is 0.0733. The number of hydrogen-bond acceptors (Lipinski definition) is 2. The molecular formula is C74H62N2. The molecule has 0 unspecified atom stereocenters. The molecular weight excluding hydrogens is 917 g/mol. The zero-order valence-corrected chi connectivity index (χ0v) is 45.4. The average molecular weight is 979 g/mol. The highest BCUT2D eigenvalue weighted by Gasteiger charge is 2.26. The molecule has 0 radical (unpaired) electrons. The molecule has 0 fully saturated rings. The molecule has 0 spiro atoms. The third kappa shape index (κ3) is 7.21. The van der Waals surface area contributed by atoms with E-state index in [1.54, 1.807) is 0 Å². The van der Waals surface area contributed by atoms with E-state index in [1.165, 1.54) is 131 Å². The highest BCUT2D eigenvalue weighted by atomic mass is 14.7. The Morgan fingerprint density at radius 2 is 0.632 bits per heavy atom. The van der Waals surface area contributed by atoms with Gasteiger partial charge in [0.2, 0.25) is 0 Å². The van der Waals surface area contributed by atoms with Gasteiger partial charge in [-0.25, -0.2) is 9.97 Å². The topological polar surface area (TPSA) is 25.8 Å². The monoisotopic (exact) mass is 978 g/mol. The zero-order chi connectivity index (χ0) is 52.1. The second-order valence-corrected chi connectivity index (χ2v) is 24.6. The predicted molar refractivity (Wildman–Crippen MR) is 329 cm³/mol. The Hall–Kier alpha value is -8.20. The van der Waals surface area contributed by atoms with E-state index in [-0.39, 0.29) is 10.8 Å². The maximum absolute atomic E-state index is 5.81. The molecule has 0 aliphatic carbocycles. The molecule has 0 saturated heterocycles. The van der Waals surface area contributed by atoms with Gasteiger partial charge in [0.15, 0.2) is 0 Å². The van der Waals surface area contributed by atoms with Gasteiger partial charge in [-0.2, -0.15) is 0 Å². The van der Waals surface area contributed by atoms with Crippen molar-refractivity contribution in [3.8, 4) is 44.5 Å². The number of nitrogens with zero attached hydrogens (tertiary/aromatic N) is 2. The molecule has 0 atom stereocenters. The average Bonchev–Trinajstić information content (AvgIpc) is 3.60. The molecule has 368 valence electrons. The van der Waals surface area contributed by atoms with Gasteiger partial charge in [0.05, 0.1) is 22.1 Å². The summed E-state index contributed by atoms with van der Waals surface area (Å²) in [6.45, 7) is 22.8. The van der Waals surface area contributed by atoms with Crippen LogP contribution in [-0.2, 0) is 10.8 Å². The van der Waals surface area contributed by atoms with Crippen molar-refractivity contribution in [3.05, 3.63) is 204 Å². The molecule has 2 heterocycles. The van der Waals surface area contributed by atoms with Crippen molar-refractivity contribution in [2.75, 3.05) is 0 Å². The summed E-state index contributed by atoms with van der Waals surface area (Å²) in [6.07, 6.45) is 0. The molecule has 2 aromatic heterocycles. The largest absolute Gasteiger partial charge is 0.247 e. The van der Waals surface area contributed by atoms with Crippen molar-refractivity contribution in [1.82, 2.24) is 9.97 Å². The van der Waals surface area contributed by atoms with E-state index >= 15 is 0 Å². The second kappa shape index (κ2) is 16.6. The molecule has 0 saturated carbocycles. The van der Waals surface area contributed by atoms with Crippen LogP contribution >= 0.6 is 0 Å². The van der Waals surface area contributed by atoms with Crippen LogP contribution in [0.15, 0.2) is 182 Å². The van der Waals surface area contributed by atoms with Crippen molar-refractivity contribution < 1.29 is 0 Å². The molecule has 12 aromatic carbocycles. The molecule has 2 heteroatoms. The van der Waals surface area contributed by atoms with Gasteiger partial charge in [0.1, 0.15) is 0 Å². The minimum atomic E-state index is 0.0733. The lowest BCUT2D eigenvalue weighted by molar-refractivity contribution is 0.590. The lowest BCUT2D eigenvalue weighted by atomic mass is 9.83. The van der Waals surface area contributed by atoms with E-state index in [4.69, 9.17) is 9.97 Å². The molecule has 0 aliphatic heterocycles. The summed E-state index contributed by atoms with van der Waals surface area (Å²) in [5, 5.41) is 16.8. The van der Waals surface area contributed by atoms with Crippen LogP contribution in [-0.4, -0.2) is 9.97 Å². The first-order valence-corrected chi connectivity index (χ1v) is 27.4. The van der Waals surface area contributed by atoms with Gasteiger partial charge in [-0.15, -0.1) is 0 Å². The molecule has 14 aromatic rings. The van der Waals surface area contributed by atoms with Gasteiger partial charge in [0, 0.05) is 32.3 Å². The summed E-state index contributed by atoms with van der Waals surface area (Å²) in [5.74, 6) is 0.916. The van der Waals surface area contributed by atoms with Crippen molar-refractivity contribution in [2.45, 2.75) is 91.9 Å². The summed E-state index contributed by atoms with van der Waals surface area (Å²) < 4.78 is 0. The van der Waals surface area contributed by atoms with Gasteiger partial charge >= 0.3 is 0 Å². The molecule has 0 bridgehead atoms. The number of hydrogen-bond donors (Lipinski definition) is 0. The summed E-state index contributed by atoms with van der Waals surface area (Å²) in [4.78, 5) is 11.6. The number of rotatable bonds is 6. The Morgan fingerprint density at radius 3 is 1.01 bits per heavy atom. The Balaban J connectivity index is 1.07. The minimum Gasteiger partial charge on any atom is -0.247 e. The summed E-state index contributed by atoms with van der Waals surface area (Å²) in [5.41, 5.74) is 19.2. The van der Waals surface area contributed by atoms with Gasteiger partial charge in [0.25, 0.3) is 0 Å². The van der Waals surface area contributed by atoms with Crippen LogP contribution in [0.2, 0.25) is 0 Å². The van der Waals surface area contributed by atoms with Crippen molar-refractivity contribution in [3.63, 3.8) is 0 Å². The Labute approximate surface area is 445 Å². The smallest absolute Gasteiger partial charge is 0.0801 e. The van der Waals surface area contributed by atoms with Crippen LogP contribution in [0.4, 0.5) is 0 Å². The van der Waals surface area contributed by atoms with E-state index in [9.17, 15) is 0 Å². The van der Waals surface area contributed by atoms with Crippen LogP contribution < -0.4 is 0 Å². The molecule has 76 heavy (non-hydrogen) atoms. The van der Waals surface area contributed by atoms with Crippen LogP contribution in [0.5, 0.6) is 0 Å². The maximum atomic E-state index is 5.81. The highest BCUT2D eigenvalue weighted by molar-refractivity contribution is 6.41. The zero-order valence-electron chi connectivity index (χ0n) is 45.4. The fourth-order valence-electron chi connectivity index (χ4n) is 12.6. The molecule has 0 aliphatic rings. The lowest BCUT2D eigenvalue weighted by Crippen LogP contribution is -2.10. The summed E-state index contributed by atoms with van der Waals surface area (Å²) in [6, 6.07) is 69.8. The van der Waals surface area contributed by atoms with E-state index in [2.05, 4.69) is 251 Å². The van der Waals surface area contributed by atoms with E-state index in [0.717, 1.165) is 32.8 Å². The Kier molecular flexibility index (Phi) is 10.2. The number of pyridine rings is 2. The van der Waals surface area contributed by atoms with Gasteiger partial charge in [-0.05, 0) is 169 Å². The standard InChI is InChI=1S/C74H62N2/c1-41(2)45-11-13-49-37-53(17-15-47(49)35-45)65-59-31-33-63-69-67(59)71(57-29-23-51(39-61(57)65)43-19-25-55(26-20-43)73(5,6)7)75-64-34-32-60-66(54-18-16-48-36-46(42(3)4)12-14-50(48)38-54)62-40-52(44-21-27-56(28-22-44)74(8,9)10)24-30-58(62)72(76-63)68(60)70(64)69/h11-42H,1-10H3. The van der Waals surface area contributed by atoms with E-state index in [1.807, 2.05) is 0 Å². The number of aromatic nitrogens is 2. The van der Waals surface area contributed by atoms with Crippen LogP contribution in [0.25, 0.3) is 142 Å². The third-order valence-corrected chi connectivity index (χ3v) is 17.0. The lowest BCUT2D eigenvalue weighted by Gasteiger charge is -2.22. The van der Waals surface area contributed by atoms with Gasteiger partial charge in [-0.3, -0.25) is 0 Å². The van der Waals surface area contributed by atoms with Crippen LogP contribution in [0.3, 0.4) is 0 Å². The van der Waals surface area contributed by atoms with Crippen molar-refractivity contribution in [1.29, 1.82) is 0 Å². The number of fused-ring (bicyclic) bond motifs is 6. The molecule has 0 amide bonds. The summed E-state index contributed by atoms with van der Waals surface area (Å²) in [7, 11) is 0. The van der Waals surface area contributed by atoms with Crippen molar-refractivity contribution >= 4 is 97.5 Å². The first kappa shape index (κ1) is 46.3. The second-order valence-electron chi connectivity index (χ2n) is 24.6. The summed E-state index contributed by atoms with van der Waals surface area (Å²) >= 11 is 0. The van der Waals surface area contributed by atoms with Gasteiger partial charge in [-0.1, -0.05) is 215 Å². The molecule has 2 nitrogen and oxygen atoms in total. The van der Waals surface area contributed by atoms with Crippen LogP contribution in [0, 0.1) is 0 Å². The highest BCUT2D eigenvalue weighted by Crippen LogP contribution is 2.51. The van der Waals surface area contributed by atoms with E-state index < -0.39 is 0 Å². The SMILES string of the molecule is CC(C)c1ccc2cc(-c3c4cc(-c5ccc(C(C)(C)C)cc5)ccc4c4nc5ccc6c(-c7ccc8cc(C(C)C)ccc8c7)c7cc(-c8ccc(C(C)(C)C)cc8)ccc7c7nc8ccc3c4c8c5c67)ccc2c1. The number of benzene rings is 12. The Morgan fingerprint density at radius 1 is 0.289 bits per heavy atom. The molecule has 0 N–H and O–H groups in total. The quantitative estimate of drug-likeness (QED) is 0.123. The third-order valence-electron chi connectivity index (χ3n) is 17.0. The maximum Gasteiger partial charge on any atom is 0.0801 e. The Bertz CT molecular complexity index is 4370. The van der Waals surface area contributed by atoms with Crippen LogP contribution in [0.1, 0.15) is 103 Å². The molecule has 14 rings (SSSR count). The first-order chi connectivity index (χ1) is 36.6. The predicted octanol–water partition coefficient (Wildman–Crippen LogP) is 21.2. The normalized spacial score (nSPS) is 12.8. The first-order valence-electron chi connectivity index (χ1n) is 27.4.